The SMILES string of the molecule is Cc1ccc(NS(=O)(=O)c2cc(C(=O)N[C@@H](C)c3ccc(C(C)(C)C)cc3)ccc2C)cc1. The molecule has 0 saturated carbocycles. The summed E-state index contributed by atoms with van der Waals surface area (Å²) < 4.78 is 28.6. The Morgan fingerprint density at radius 2 is 1.48 bits per heavy atom. The van der Waals surface area contributed by atoms with Crippen molar-refractivity contribution in [2.45, 2.75) is 57.9 Å². The molecule has 0 unspecified atom stereocenters. The molecule has 5 nitrogen and oxygen atoms in total. The maximum Gasteiger partial charge on any atom is 0.262 e. The molecule has 3 rings (SSSR count). The second-order valence-electron chi connectivity index (χ2n) is 9.52. The lowest BCUT2D eigenvalue weighted by atomic mass is 9.86. The molecule has 3 aromatic rings. The van der Waals surface area contributed by atoms with Crippen LogP contribution in [0, 0.1) is 13.8 Å². The van der Waals surface area contributed by atoms with E-state index in [1.807, 2.05) is 38.1 Å². The molecule has 6 heteroatoms. The highest BCUT2D eigenvalue weighted by molar-refractivity contribution is 7.92. The maximum absolute atomic E-state index is 13.0. The zero-order chi connectivity index (χ0) is 24.4. The first-order chi connectivity index (χ1) is 15.4. The van der Waals surface area contributed by atoms with E-state index in [2.05, 4.69) is 42.9 Å². The number of rotatable bonds is 6. The molecule has 0 aromatic heterocycles. The van der Waals surface area contributed by atoms with Crippen LogP contribution in [0.1, 0.15) is 66.3 Å². The first-order valence-corrected chi connectivity index (χ1v) is 12.5. The van der Waals surface area contributed by atoms with E-state index in [9.17, 15) is 13.2 Å². The van der Waals surface area contributed by atoms with Crippen molar-refractivity contribution in [3.8, 4) is 0 Å². The van der Waals surface area contributed by atoms with Gasteiger partial charge in [0.15, 0.2) is 0 Å². The van der Waals surface area contributed by atoms with Crippen molar-refractivity contribution in [2.24, 2.45) is 0 Å². The van der Waals surface area contributed by atoms with E-state index in [-0.39, 0.29) is 22.3 Å². The number of amides is 1. The van der Waals surface area contributed by atoms with Crippen LogP contribution in [0.2, 0.25) is 0 Å². The summed E-state index contributed by atoms with van der Waals surface area (Å²) in [6, 6.07) is 19.8. The van der Waals surface area contributed by atoms with Gasteiger partial charge in [0.05, 0.1) is 10.9 Å². The zero-order valence-corrected chi connectivity index (χ0v) is 20.9. The number of hydrogen-bond acceptors (Lipinski definition) is 3. The molecule has 3 aromatic carbocycles. The van der Waals surface area contributed by atoms with Gasteiger partial charge in [-0.2, -0.15) is 0 Å². The van der Waals surface area contributed by atoms with Gasteiger partial charge in [0.1, 0.15) is 0 Å². The van der Waals surface area contributed by atoms with Crippen LogP contribution < -0.4 is 10.0 Å². The predicted octanol–water partition coefficient (Wildman–Crippen LogP) is 5.89. The first kappa shape index (κ1) is 24.5. The van der Waals surface area contributed by atoms with E-state index in [1.165, 1.54) is 11.6 Å². The molecule has 0 spiro atoms. The zero-order valence-electron chi connectivity index (χ0n) is 20.1. The summed E-state index contributed by atoms with van der Waals surface area (Å²) in [7, 11) is -3.84. The third-order valence-electron chi connectivity index (χ3n) is 5.67. The molecule has 0 aliphatic heterocycles. The van der Waals surface area contributed by atoms with Crippen LogP contribution in [0.4, 0.5) is 5.69 Å². The van der Waals surface area contributed by atoms with Crippen LogP contribution in [0.3, 0.4) is 0 Å². The van der Waals surface area contributed by atoms with Crippen LogP contribution in [-0.2, 0) is 15.4 Å². The maximum atomic E-state index is 13.0. The lowest BCUT2D eigenvalue weighted by Gasteiger charge is -2.21. The van der Waals surface area contributed by atoms with Crippen LogP contribution in [0.15, 0.2) is 71.6 Å². The summed E-state index contributed by atoms with van der Waals surface area (Å²) in [4.78, 5) is 13.0. The van der Waals surface area contributed by atoms with Crippen LogP contribution in [-0.4, -0.2) is 14.3 Å². The molecule has 0 fully saturated rings. The lowest BCUT2D eigenvalue weighted by Crippen LogP contribution is -2.27. The van der Waals surface area contributed by atoms with E-state index in [4.69, 9.17) is 0 Å². The molecule has 0 aliphatic rings. The van der Waals surface area contributed by atoms with Crippen molar-refractivity contribution < 1.29 is 13.2 Å². The average Bonchev–Trinajstić information content (AvgIpc) is 2.74. The molecule has 0 aliphatic carbocycles. The van der Waals surface area contributed by atoms with Crippen molar-refractivity contribution >= 4 is 21.6 Å². The Morgan fingerprint density at radius 1 is 0.879 bits per heavy atom. The van der Waals surface area contributed by atoms with Crippen molar-refractivity contribution in [3.63, 3.8) is 0 Å². The highest BCUT2D eigenvalue weighted by Gasteiger charge is 2.21. The minimum atomic E-state index is -3.84. The third-order valence-corrected chi connectivity index (χ3v) is 7.19. The average molecular weight is 465 g/mol. The van der Waals surface area contributed by atoms with Gasteiger partial charge in [-0.1, -0.05) is 68.8 Å². The molecule has 2 N–H and O–H groups in total. The number of hydrogen-bond donors (Lipinski definition) is 2. The van der Waals surface area contributed by atoms with Gasteiger partial charge < -0.3 is 5.32 Å². The Morgan fingerprint density at radius 3 is 2.06 bits per heavy atom. The van der Waals surface area contributed by atoms with Crippen molar-refractivity contribution in [3.05, 3.63) is 94.5 Å². The van der Waals surface area contributed by atoms with Crippen molar-refractivity contribution in [1.82, 2.24) is 5.32 Å². The van der Waals surface area contributed by atoms with Gasteiger partial charge in [-0.3, -0.25) is 9.52 Å². The summed E-state index contributed by atoms with van der Waals surface area (Å²) in [5.74, 6) is -0.325. The van der Waals surface area contributed by atoms with Crippen LogP contribution >= 0.6 is 0 Å². The molecule has 1 amide bonds. The molecule has 33 heavy (non-hydrogen) atoms. The topological polar surface area (TPSA) is 75.3 Å². The van der Waals surface area contributed by atoms with Gasteiger partial charge in [-0.25, -0.2) is 8.42 Å². The normalized spacial score (nSPS) is 12.8. The number of carbonyl (C=O) groups excluding carboxylic acids is 1. The summed E-state index contributed by atoms with van der Waals surface area (Å²) in [6.07, 6.45) is 0. The highest BCUT2D eigenvalue weighted by Crippen LogP contribution is 2.25. The minimum absolute atomic E-state index is 0.0570. The first-order valence-electron chi connectivity index (χ1n) is 11.0. The fraction of sp³-hybridized carbons (Fsp3) is 0.296. The molecule has 0 heterocycles. The van der Waals surface area contributed by atoms with E-state index < -0.39 is 10.0 Å². The number of benzene rings is 3. The van der Waals surface area contributed by atoms with Crippen molar-refractivity contribution in [2.75, 3.05) is 4.72 Å². The highest BCUT2D eigenvalue weighted by atomic mass is 32.2. The molecule has 0 saturated heterocycles. The number of nitrogens with one attached hydrogen (secondary N) is 2. The molecular weight excluding hydrogens is 432 g/mol. The van der Waals surface area contributed by atoms with E-state index >= 15 is 0 Å². The van der Waals surface area contributed by atoms with Crippen molar-refractivity contribution in [1.29, 1.82) is 0 Å². The summed E-state index contributed by atoms with van der Waals surface area (Å²) in [6.45, 7) is 12.0. The Labute approximate surface area is 197 Å². The summed E-state index contributed by atoms with van der Waals surface area (Å²) in [5, 5.41) is 2.97. The second-order valence-corrected chi connectivity index (χ2v) is 11.2. The molecule has 0 radical (unpaired) electrons. The number of aryl methyl sites for hydroxylation is 2. The van der Waals surface area contributed by atoms with Gasteiger partial charge in [0, 0.05) is 11.3 Å². The fourth-order valence-corrected chi connectivity index (χ4v) is 4.83. The Kier molecular flexibility index (Phi) is 6.98. The third kappa shape index (κ3) is 6.02. The van der Waals surface area contributed by atoms with Crippen LogP contribution in [0.25, 0.3) is 0 Å². The Bertz CT molecular complexity index is 1240. The Balaban J connectivity index is 1.79. The van der Waals surface area contributed by atoms with Gasteiger partial charge >= 0.3 is 0 Å². The van der Waals surface area contributed by atoms with E-state index in [1.54, 1.807) is 31.2 Å². The summed E-state index contributed by atoms with van der Waals surface area (Å²) >= 11 is 0. The number of sulfonamides is 1. The lowest BCUT2D eigenvalue weighted by molar-refractivity contribution is 0.0939. The van der Waals surface area contributed by atoms with E-state index in [0.717, 1.165) is 11.1 Å². The van der Waals surface area contributed by atoms with Gasteiger partial charge in [0.25, 0.3) is 15.9 Å². The second kappa shape index (κ2) is 9.40. The standard InChI is InChI=1S/C27H32N2O3S/c1-18-7-15-24(16-8-18)29-33(31,32)25-17-22(10-9-19(25)2)26(30)28-20(3)21-11-13-23(14-12-21)27(4,5)6/h7-17,20,29H,1-6H3,(H,28,30)/t20-/m0/s1. The molecule has 0 bridgehead atoms. The fourth-order valence-electron chi connectivity index (χ4n) is 3.50. The van der Waals surface area contributed by atoms with Gasteiger partial charge in [-0.05, 0) is 67.1 Å². The Hall–Kier alpha value is -3.12. The van der Waals surface area contributed by atoms with Gasteiger partial charge in [0.2, 0.25) is 0 Å². The number of anilines is 1. The predicted molar refractivity (Wildman–Crippen MR) is 134 cm³/mol. The molecular formula is C27H32N2O3S. The smallest absolute Gasteiger partial charge is 0.262 e. The summed E-state index contributed by atoms with van der Waals surface area (Å²) in [5.41, 5.74) is 4.63. The van der Waals surface area contributed by atoms with Crippen LogP contribution in [0.5, 0.6) is 0 Å². The monoisotopic (exact) mass is 464 g/mol. The molecule has 1 atom stereocenters. The molecule has 174 valence electrons. The van der Waals surface area contributed by atoms with E-state index in [0.29, 0.717) is 16.8 Å². The largest absolute Gasteiger partial charge is 0.346 e. The van der Waals surface area contributed by atoms with Gasteiger partial charge in [-0.15, -0.1) is 0 Å². The quantitative estimate of drug-likeness (QED) is 0.477. The minimum Gasteiger partial charge on any atom is -0.346 e. The number of carbonyl (C=O) groups is 1.